The van der Waals surface area contributed by atoms with E-state index in [2.05, 4.69) is 6.58 Å². The van der Waals surface area contributed by atoms with Crippen molar-refractivity contribution in [2.24, 2.45) is 0 Å². The molecule has 4 heteroatoms. The Hall–Kier alpha value is -1.81. The third kappa shape index (κ3) is 6.06. The highest BCUT2D eigenvalue weighted by Crippen LogP contribution is 2.14. The number of carbonyl (C=O) groups is 1. The maximum atomic E-state index is 10.4. The Kier molecular flexibility index (Phi) is 6.68. The van der Waals surface area contributed by atoms with Gasteiger partial charge in [0.05, 0.1) is 19.8 Å². The smallest absolute Gasteiger partial charge is 0.303 e. The molecule has 0 unspecified atom stereocenters. The van der Waals surface area contributed by atoms with Gasteiger partial charge in [-0.25, -0.2) is 0 Å². The molecule has 0 amide bonds. The van der Waals surface area contributed by atoms with E-state index in [1.165, 1.54) is 0 Å². The summed E-state index contributed by atoms with van der Waals surface area (Å²) in [6.45, 7) is 4.19. The third-order valence-corrected chi connectivity index (χ3v) is 2.77. The van der Waals surface area contributed by atoms with Gasteiger partial charge in [-0.2, -0.15) is 0 Å². The molecule has 1 atom stereocenters. The van der Waals surface area contributed by atoms with Crippen LogP contribution in [-0.4, -0.2) is 24.3 Å². The summed E-state index contributed by atoms with van der Waals surface area (Å²) in [5, 5.41) is 8.58. The summed E-state index contributed by atoms with van der Waals surface area (Å²) in [5.41, 5.74) is 1.05. The van der Waals surface area contributed by atoms with E-state index in [1.54, 1.807) is 13.2 Å². The lowest BCUT2D eigenvalue weighted by atomic mass is 10.1. The second-order valence-electron chi connectivity index (χ2n) is 4.22. The number of hydrogen-bond donors (Lipinski definition) is 1. The Labute approximate surface area is 113 Å². The number of benzene rings is 1. The van der Waals surface area contributed by atoms with Crippen molar-refractivity contribution in [3.8, 4) is 5.75 Å². The molecule has 1 N–H and O–H groups in total. The molecule has 0 aromatic heterocycles. The van der Waals surface area contributed by atoms with Crippen molar-refractivity contribution in [1.82, 2.24) is 0 Å². The van der Waals surface area contributed by atoms with Gasteiger partial charge in [0.2, 0.25) is 0 Å². The van der Waals surface area contributed by atoms with Gasteiger partial charge in [0.25, 0.3) is 0 Å². The number of aliphatic carboxylic acids is 1. The van der Waals surface area contributed by atoms with Crippen LogP contribution in [0.4, 0.5) is 0 Å². The first-order valence-electron chi connectivity index (χ1n) is 6.24. The Morgan fingerprint density at radius 1 is 1.42 bits per heavy atom. The first-order valence-corrected chi connectivity index (χ1v) is 6.24. The van der Waals surface area contributed by atoms with Crippen molar-refractivity contribution in [2.75, 3.05) is 7.11 Å². The average Bonchev–Trinajstić information content (AvgIpc) is 2.42. The molecule has 0 heterocycles. The van der Waals surface area contributed by atoms with Gasteiger partial charge in [0.15, 0.2) is 0 Å². The minimum absolute atomic E-state index is 0.110. The van der Waals surface area contributed by atoms with Crippen LogP contribution in [0.3, 0.4) is 0 Å². The van der Waals surface area contributed by atoms with E-state index in [4.69, 9.17) is 14.6 Å². The lowest BCUT2D eigenvalue weighted by Crippen LogP contribution is -2.10. The first kappa shape index (κ1) is 15.2. The highest BCUT2D eigenvalue weighted by molar-refractivity contribution is 5.66. The molecule has 1 aromatic rings. The summed E-state index contributed by atoms with van der Waals surface area (Å²) in [6, 6.07) is 7.64. The van der Waals surface area contributed by atoms with Crippen molar-refractivity contribution < 1.29 is 19.4 Å². The zero-order chi connectivity index (χ0) is 14.1. The van der Waals surface area contributed by atoms with Crippen molar-refractivity contribution in [3.63, 3.8) is 0 Å². The molecule has 1 aromatic carbocycles. The molecule has 0 aliphatic carbocycles. The van der Waals surface area contributed by atoms with E-state index >= 15 is 0 Å². The van der Waals surface area contributed by atoms with E-state index in [9.17, 15) is 4.79 Å². The second kappa shape index (κ2) is 8.32. The topological polar surface area (TPSA) is 55.8 Å². The number of hydrogen-bond acceptors (Lipinski definition) is 3. The van der Waals surface area contributed by atoms with Crippen LogP contribution in [0, 0.1) is 0 Å². The van der Waals surface area contributed by atoms with E-state index < -0.39 is 5.97 Å². The lowest BCUT2D eigenvalue weighted by Gasteiger charge is -2.13. The minimum Gasteiger partial charge on any atom is -0.497 e. The summed E-state index contributed by atoms with van der Waals surface area (Å²) in [6.07, 6.45) is 3.03. The van der Waals surface area contributed by atoms with Gasteiger partial charge >= 0.3 is 5.97 Å². The van der Waals surface area contributed by atoms with Crippen molar-refractivity contribution >= 4 is 5.97 Å². The molecule has 0 aliphatic rings. The quantitative estimate of drug-likeness (QED) is 0.696. The lowest BCUT2D eigenvalue weighted by molar-refractivity contribution is -0.137. The van der Waals surface area contributed by atoms with Gasteiger partial charge in [-0.1, -0.05) is 18.2 Å². The molecule has 0 radical (unpaired) electrons. The number of rotatable bonds is 9. The molecular formula is C15H20O4. The van der Waals surface area contributed by atoms with Crippen molar-refractivity contribution in [2.45, 2.75) is 32.0 Å². The van der Waals surface area contributed by atoms with Crippen molar-refractivity contribution in [3.05, 3.63) is 42.5 Å². The second-order valence-corrected chi connectivity index (χ2v) is 4.22. The van der Waals surface area contributed by atoms with Crippen LogP contribution in [0.2, 0.25) is 0 Å². The summed E-state index contributed by atoms with van der Waals surface area (Å²) in [4.78, 5) is 10.4. The molecule has 19 heavy (non-hydrogen) atoms. The Bertz CT molecular complexity index is 397. The van der Waals surface area contributed by atoms with Gasteiger partial charge < -0.3 is 14.6 Å². The highest BCUT2D eigenvalue weighted by Gasteiger charge is 2.06. The van der Waals surface area contributed by atoms with Crippen LogP contribution in [0.15, 0.2) is 36.9 Å². The fourth-order valence-corrected chi connectivity index (χ4v) is 1.65. The SMILES string of the molecule is C=C[C@H](CCCC(=O)O)OCc1ccc(OC)cc1. The maximum Gasteiger partial charge on any atom is 0.303 e. The summed E-state index contributed by atoms with van der Waals surface area (Å²) in [7, 11) is 1.63. The van der Waals surface area contributed by atoms with E-state index in [0.29, 0.717) is 19.4 Å². The van der Waals surface area contributed by atoms with Gasteiger partial charge in [-0.15, -0.1) is 6.58 Å². The molecular weight excluding hydrogens is 244 g/mol. The fraction of sp³-hybridized carbons (Fsp3) is 0.400. The number of methoxy groups -OCH3 is 1. The fourth-order valence-electron chi connectivity index (χ4n) is 1.65. The van der Waals surface area contributed by atoms with Gasteiger partial charge in [-0.05, 0) is 30.5 Å². The largest absolute Gasteiger partial charge is 0.497 e. The van der Waals surface area contributed by atoms with Crippen LogP contribution in [0.25, 0.3) is 0 Å². The van der Waals surface area contributed by atoms with Crippen molar-refractivity contribution in [1.29, 1.82) is 0 Å². The zero-order valence-corrected chi connectivity index (χ0v) is 11.2. The molecule has 0 saturated heterocycles. The molecule has 0 fully saturated rings. The minimum atomic E-state index is -0.780. The van der Waals surface area contributed by atoms with E-state index in [1.807, 2.05) is 24.3 Å². The van der Waals surface area contributed by atoms with Gasteiger partial charge in [-0.3, -0.25) is 4.79 Å². The molecule has 4 nitrogen and oxygen atoms in total. The molecule has 0 aliphatic heterocycles. The first-order chi connectivity index (χ1) is 9.15. The molecule has 0 spiro atoms. The number of carboxylic acid groups (broad SMARTS) is 1. The molecule has 0 saturated carbocycles. The number of ether oxygens (including phenoxy) is 2. The number of carboxylic acids is 1. The third-order valence-electron chi connectivity index (χ3n) is 2.77. The summed E-state index contributed by atoms with van der Waals surface area (Å²) < 4.78 is 10.8. The molecule has 1 rings (SSSR count). The summed E-state index contributed by atoms with van der Waals surface area (Å²) in [5.74, 6) is 0.0310. The Morgan fingerprint density at radius 3 is 2.63 bits per heavy atom. The van der Waals surface area contributed by atoms with Crippen LogP contribution in [0.5, 0.6) is 5.75 Å². The monoisotopic (exact) mass is 264 g/mol. The van der Waals surface area contributed by atoms with Gasteiger partial charge in [0, 0.05) is 6.42 Å². The van der Waals surface area contributed by atoms with Crippen LogP contribution in [-0.2, 0) is 16.1 Å². The molecule has 104 valence electrons. The summed E-state index contributed by atoms with van der Waals surface area (Å²) >= 11 is 0. The van der Waals surface area contributed by atoms with Crippen LogP contribution >= 0.6 is 0 Å². The average molecular weight is 264 g/mol. The maximum absolute atomic E-state index is 10.4. The van der Waals surface area contributed by atoms with Crippen LogP contribution < -0.4 is 4.74 Å². The predicted octanol–water partition coefficient (Wildman–Crippen LogP) is 3.02. The Balaban J connectivity index is 2.35. The van der Waals surface area contributed by atoms with Gasteiger partial charge in [0.1, 0.15) is 5.75 Å². The predicted molar refractivity (Wildman–Crippen MR) is 73.3 cm³/mol. The zero-order valence-electron chi connectivity index (χ0n) is 11.2. The van der Waals surface area contributed by atoms with E-state index in [0.717, 1.165) is 11.3 Å². The normalized spacial score (nSPS) is 11.8. The molecule has 0 bridgehead atoms. The standard InChI is InChI=1S/C15H20O4/c1-3-13(5-4-6-15(16)17)19-11-12-7-9-14(18-2)10-8-12/h3,7-10,13H,1,4-6,11H2,2H3,(H,16,17)/t13-/m1/s1. The van der Waals surface area contributed by atoms with E-state index in [-0.39, 0.29) is 12.5 Å². The highest BCUT2D eigenvalue weighted by atomic mass is 16.5. The van der Waals surface area contributed by atoms with Crippen LogP contribution in [0.1, 0.15) is 24.8 Å². The Morgan fingerprint density at radius 2 is 2.11 bits per heavy atom.